The van der Waals surface area contributed by atoms with Crippen LogP contribution in [0.5, 0.6) is 0 Å². The molecule has 19 heavy (non-hydrogen) atoms. The van der Waals surface area contributed by atoms with Crippen LogP contribution in [0.25, 0.3) is 0 Å². The summed E-state index contributed by atoms with van der Waals surface area (Å²) >= 11 is 0. The highest BCUT2D eigenvalue weighted by molar-refractivity contribution is 5.30. The van der Waals surface area contributed by atoms with Gasteiger partial charge in [-0.1, -0.05) is 31.2 Å². The maximum absolute atomic E-state index is 6.43. The van der Waals surface area contributed by atoms with E-state index in [1.807, 2.05) is 0 Å². The van der Waals surface area contributed by atoms with Crippen LogP contribution in [0.15, 0.2) is 24.3 Å². The van der Waals surface area contributed by atoms with Gasteiger partial charge in [-0.25, -0.2) is 0 Å². The lowest BCUT2D eigenvalue weighted by Gasteiger charge is -2.42. The third kappa shape index (κ3) is 3.16. The number of morpholine rings is 1. The number of aryl methyl sites for hydroxylation is 1. The van der Waals surface area contributed by atoms with Crippen molar-refractivity contribution in [1.29, 1.82) is 0 Å². The van der Waals surface area contributed by atoms with Gasteiger partial charge in [0.15, 0.2) is 0 Å². The predicted molar refractivity (Wildman–Crippen MR) is 79.2 cm³/mol. The van der Waals surface area contributed by atoms with Crippen LogP contribution in [0, 0.1) is 6.92 Å². The van der Waals surface area contributed by atoms with E-state index in [9.17, 15) is 0 Å². The van der Waals surface area contributed by atoms with Crippen LogP contribution < -0.4 is 5.73 Å². The molecule has 0 amide bonds. The minimum Gasteiger partial charge on any atom is -0.379 e. The molecule has 0 bridgehead atoms. The summed E-state index contributed by atoms with van der Waals surface area (Å²) in [5.41, 5.74) is 9.12. The van der Waals surface area contributed by atoms with Crippen molar-refractivity contribution in [2.75, 3.05) is 19.8 Å². The second-order valence-corrected chi connectivity index (χ2v) is 5.54. The highest BCUT2D eigenvalue weighted by Crippen LogP contribution is 2.30. The summed E-state index contributed by atoms with van der Waals surface area (Å²) < 4.78 is 5.56. The first-order valence-electron chi connectivity index (χ1n) is 7.29. The Morgan fingerprint density at radius 2 is 2.16 bits per heavy atom. The maximum Gasteiger partial charge on any atom is 0.0620 e. The van der Waals surface area contributed by atoms with Crippen LogP contribution >= 0.6 is 0 Å². The molecule has 3 atom stereocenters. The summed E-state index contributed by atoms with van der Waals surface area (Å²) in [4.78, 5) is 2.51. The van der Waals surface area contributed by atoms with Crippen molar-refractivity contribution in [3.8, 4) is 0 Å². The number of hydrogen-bond donors (Lipinski definition) is 1. The van der Waals surface area contributed by atoms with Crippen LogP contribution in [-0.4, -0.2) is 36.7 Å². The van der Waals surface area contributed by atoms with Gasteiger partial charge < -0.3 is 10.5 Å². The predicted octanol–water partition coefficient (Wildman–Crippen LogP) is 2.49. The highest BCUT2D eigenvalue weighted by atomic mass is 16.5. The Kier molecular flexibility index (Phi) is 4.97. The van der Waals surface area contributed by atoms with E-state index in [0.717, 1.165) is 26.2 Å². The Morgan fingerprint density at radius 3 is 2.79 bits per heavy atom. The normalized spacial score (nSPS) is 24.1. The van der Waals surface area contributed by atoms with Gasteiger partial charge in [0.25, 0.3) is 0 Å². The number of rotatable bonds is 4. The zero-order valence-electron chi connectivity index (χ0n) is 12.3. The number of hydrogen-bond acceptors (Lipinski definition) is 3. The van der Waals surface area contributed by atoms with Crippen molar-refractivity contribution in [2.45, 2.75) is 45.3 Å². The van der Waals surface area contributed by atoms with Crippen LogP contribution in [0.3, 0.4) is 0 Å². The van der Waals surface area contributed by atoms with Crippen molar-refractivity contribution in [2.24, 2.45) is 5.73 Å². The van der Waals surface area contributed by atoms with Crippen molar-refractivity contribution in [1.82, 2.24) is 4.90 Å². The first-order valence-corrected chi connectivity index (χ1v) is 7.29. The summed E-state index contributed by atoms with van der Waals surface area (Å²) in [7, 11) is 0. The molecular weight excluding hydrogens is 236 g/mol. The van der Waals surface area contributed by atoms with E-state index in [1.54, 1.807) is 0 Å². The molecular formula is C16H26N2O. The van der Waals surface area contributed by atoms with Gasteiger partial charge >= 0.3 is 0 Å². The van der Waals surface area contributed by atoms with Gasteiger partial charge in [0.05, 0.1) is 19.3 Å². The Labute approximate surface area is 116 Å². The van der Waals surface area contributed by atoms with E-state index in [-0.39, 0.29) is 6.04 Å². The number of ether oxygens (including phenoxy) is 1. The molecule has 0 radical (unpaired) electrons. The standard InChI is InChI=1S/C16H26N2O/c1-4-15(17)16(14-8-6-5-7-12(14)2)18-9-10-19-11-13(18)3/h5-8,13,15-16H,4,9-11,17H2,1-3H3. The lowest BCUT2D eigenvalue weighted by atomic mass is 9.91. The van der Waals surface area contributed by atoms with E-state index >= 15 is 0 Å². The number of benzene rings is 1. The summed E-state index contributed by atoms with van der Waals surface area (Å²) in [5, 5.41) is 0. The maximum atomic E-state index is 6.43. The van der Waals surface area contributed by atoms with Crippen molar-refractivity contribution in [3.05, 3.63) is 35.4 Å². The van der Waals surface area contributed by atoms with Crippen LogP contribution in [0.1, 0.15) is 37.4 Å². The quantitative estimate of drug-likeness (QED) is 0.906. The Balaban J connectivity index is 2.33. The second-order valence-electron chi connectivity index (χ2n) is 5.54. The van der Waals surface area contributed by atoms with E-state index in [2.05, 4.69) is 49.9 Å². The zero-order valence-corrected chi connectivity index (χ0v) is 12.3. The average Bonchev–Trinajstić information content (AvgIpc) is 2.43. The van der Waals surface area contributed by atoms with Gasteiger partial charge in [0, 0.05) is 18.6 Å². The number of nitrogens with zero attached hydrogens (tertiary/aromatic N) is 1. The van der Waals surface area contributed by atoms with Crippen LogP contribution in [0.4, 0.5) is 0 Å². The summed E-state index contributed by atoms with van der Waals surface area (Å²) in [6.45, 7) is 9.15. The molecule has 0 aliphatic carbocycles. The molecule has 3 unspecified atom stereocenters. The fourth-order valence-corrected chi connectivity index (χ4v) is 2.95. The van der Waals surface area contributed by atoms with Gasteiger partial charge in [0.1, 0.15) is 0 Å². The molecule has 1 aromatic carbocycles. The molecule has 106 valence electrons. The van der Waals surface area contributed by atoms with Crippen LogP contribution in [-0.2, 0) is 4.74 Å². The minimum absolute atomic E-state index is 0.168. The third-order valence-electron chi connectivity index (χ3n) is 4.16. The largest absolute Gasteiger partial charge is 0.379 e. The second kappa shape index (κ2) is 6.51. The Hall–Kier alpha value is -0.900. The molecule has 0 spiro atoms. The number of nitrogens with two attached hydrogens (primary N) is 1. The smallest absolute Gasteiger partial charge is 0.0620 e. The van der Waals surface area contributed by atoms with Gasteiger partial charge in [-0.05, 0) is 31.4 Å². The van der Waals surface area contributed by atoms with E-state index in [4.69, 9.17) is 10.5 Å². The van der Waals surface area contributed by atoms with Crippen molar-refractivity contribution < 1.29 is 4.74 Å². The molecule has 1 fully saturated rings. The van der Waals surface area contributed by atoms with Crippen molar-refractivity contribution >= 4 is 0 Å². The zero-order chi connectivity index (χ0) is 13.8. The van der Waals surface area contributed by atoms with Gasteiger partial charge in [-0.3, -0.25) is 4.90 Å². The topological polar surface area (TPSA) is 38.5 Å². The van der Waals surface area contributed by atoms with Gasteiger partial charge in [-0.2, -0.15) is 0 Å². The summed E-state index contributed by atoms with van der Waals surface area (Å²) in [6.07, 6.45) is 0.989. The molecule has 3 heteroatoms. The van der Waals surface area contributed by atoms with Crippen molar-refractivity contribution in [3.63, 3.8) is 0 Å². The minimum atomic E-state index is 0.168. The summed E-state index contributed by atoms with van der Waals surface area (Å²) in [6, 6.07) is 9.50. The first kappa shape index (κ1) is 14.5. The Bertz CT molecular complexity index is 407. The average molecular weight is 262 g/mol. The Morgan fingerprint density at radius 1 is 1.42 bits per heavy atom. The van der Waals surface area contributed by atoms with E-state index in [0.29, 0.717) is 12.1 Å². The lowest BCUT2D eigenvalue weighted by Crippen LogP contribution is -2.50. The van der Waals surface area contributed by atoms with E-state index in [1.165, 1.54) is 11.1 Å². The molecule has 1 aromatic rings. The fraction of sp³-hybridized carbons (Fsp3) is 0.625. The van der Waals surface area contributed by atoms with Crippen LogP contribution in [0.2, 0.25) is 0 Å². The van der Waals surface area contributed by atoms with E-state index < -0.39 is 0 Å². The molecule has 1 aliphatic rings. The van der Waals surface area contributed by atoms with Gasteiger partial charge in [-0.15, -0.1) is 0 Å². The monoisotopic (exact) mass is 262 g/mol. The molecule has 3 nitrogen and oxygen atoms in total. The first-order chi connectivity index (χ1) is 9.15. The molecule has 2 N–H and O–H groups in total. The molecule has 2 rings (SSSR count). The fourth-order valence-electron chi connectivity index (χ4n) is 2.95. The third-order valence-corrected chi connectivity index (χ3v) is 4.16. The molecule has 1 heterocycles. The molecule has 1 aliphatic heterocycles. The molecule has 0 saturated carbocycles. The summed E-state index contributed by atoms with van der Waals surface area (Å²) in [5.74, 6) is 0. The highest BCUT2D eigenvalue weighted by Gasteiger charge is 2.31. The SMILES string of the molecule is CCC(N)C(c1ccccc1C)N1CCOCC1C. The molecule has 1 saturated heterocycles. The molecule has 0 aromatic heterocycles. The lowest BCUT2D eigenvalue weighted by molar-refractivity contribution is -0.0283. The van der Waals surface area contributed by atoms with Gasteiger partial charge in [0.2, 0.25) is 0 Å².